The number of thioether (sulfide) groups is 1. The summed E-state index contributed by atoms with van der Waals surface area (Å²) < 4.78 is 16.1. The SMILES string of the molecule is CC(C)(O)C1=NCC(S(N)(=O)=NC(=O)Nc2c3c(cc4c2CCC4)CCC3)S1. The molecule has 2 unspecified atom stereocenters. The third-order valence-electron chi connectivity index (χ3n) is 5.46. The molecule has 28 heavy (non-hydrogen) atoms. The molecular weight excluding hydrogens is 396 g/mol. The number of carbonyl (C=O) groups is 1. The van der Waals surface area contributed by atoms with Gasteiger partial charge in [0, 0.05) is 5.69 Å². The highest BCUT2D eigenvalue weighted by molar-refractivity contribution is 8.23. The minimum absolute atomic E-state index is 0.173. The molecule has 7 nitrogen and oxygen atoms in total. The molecular formula is C19H26N4O3S2. The van der Waals surface area contributed by atoms with Gasteiger partial charge in [-0.1, -0.05) is 17.8 Å². The minimum Gasteiger partial charge on any atom is -0.384 e. The number of hydrogen-bond acceptors (Lipinski definition) is 5. The van der Waals surface area contributed by atoms with Gasteiger partial charge in [-0.15, -0.1) is 4.36 Å². The topological polar surface area (TPSA) is 117 Å². The molecule has 1 heterocycles. The Morgan fingerprint density at radius 1 is 1.29 bits per heavy atom. The zero-order valence-electron chi connectivity index (χ0n) is 16.2. The molecule has 0 aromatic heterocycles. The molecule has 0 spiro atoms. The lowest BCUT2D eigenvalue weighted by molar-refractivity contribution is 0.157. The number of aryl methyl sites for hydroxylation is 2. The first-order valence-electron chi connectivity index (χ1n) is 9.60. The van der Waals surface area contributed by atoms with Gasteiger partial charge in [0.05, 0.1) is 6.54 Å². The number of anilines is 1. The summed E-state index contributed by atoms with van der Waals surface area (Å²) in [5, 5.41) is 19.4. The standard InChI is InChI=1S/C19H26N4O3S2/c1-19(2,25)17-21-10-15(27-17)28(20,26)23-18(24)22-16-13-7-3-5-11(13)9-12-6-4-8-14(12)16/h9,15,25H,3-8,10H2,1-2H3,(H3,20,22,23,24,26). The smallest absolute Gasteiger partial charge is 0.354 e. The number of amides is 2. The molecule has 0 fully saturated rings. The highest BCUT2D eigenvalue weighted by Gasteiger charge is 2.35. The largest absolute Gasteiger partial charge is 0.384 e. The van der Waals surface area contributed by atoms with Gasteiger partial charge in [0.15, 0.2) is 0 Å². The van der Waals surface area contributed by atoms with Gasteiger partial charge in [-0.05, 0) is 74.6 Å². The fourth-order valence-corrected chi connectivity index (χ4v) is 6.66. The summed E-state index contributed by atoms with van der Waals surface area (Å²) in [6, 6.07) is 1.62. The van der Waals surface area contributed by atoms with Crippen molar-refractivity contribution in [2.75, 3.05) is 11.9 Å². The Morgan fingerprint density at radius 3 is 2.43 bits per heavy atom. The molecule has 4 rings (SSSR count). The van der Waals surface area contributed by atoms with E-state index in [1.54, 1.807) is 13.8 Å². The number of benzene rings is 1. The molecule has 1 aromatic carbocycles. The molecule has 0 saturated carbocycles. The molecule has 2 atom stereocenters. The van der Waals surface area contributed by atoms with Gasteiger partial charge >= 0.3 is 6.03 Å². The van der Waals surface area contributed by atoms with E-state index < -0.39 is 26.1 Å². The summed E-state index contributed by atoms with van der Waals surface area (Å²) >= 11 is 1.14. The van der Waals surface area contributed by atoms with E-state index in [9.17, 15) is 14.1 Å². The Balaban J connectivity index is 1.56. The van der Waals surface area contributed by atoms with Crippen LogP contribution in [0.1, 0.15) is 48.9 Å². The van der Waals surface area contributed by atoms with Crippen molar-refractivity contribution in [3.63, 3.8) is 0 Å². The molecule has 2 amide bonds. The van der Waals surface area contributed by atoms with Crippen LogP contribution in [-0.4, -0.2) is 37.1 Å². The van der Waals surface area contributed by atoms with Gasteiger partial charge in [0.1, 0.15) is 25.1 Å². The van der Waals surface area contributed by atoms with E-state index in [0.717, 1.165) is 56.0 Å². The van der Waals surface area contributed by atoms with Crippen LogP contribution in [0.2, 0.25) is 0 Å². The first-order chi connectivity index (χ1) is 13.1. The van der Waals surface area contributed by atoms with Crippen LogP contribution in [0.4, 0.5) is 10.5 Å². The van der Waals surface area contributed by atoms with Crippen molar-refractivity contribution in [3.8, 4) is 0 Å². The Hall–Kier alpha value is -1.42. The molecule has 1 aliphatic heterocycles. The number of rotatable bonds is 3. The summed E-state index contributed by atoms with van der Waals surface area (Å²) in [5.74, 6) is 0. The van der Waals surface area contributed by atoms with Crippen LogP contribution in [0, 0.1) is 0 Å². The van der Waals surface area contributed by atoms with E-state index in [0.29, 0.717) is 5.04 Å². The number of aliphatic hydroxyl groups is 1. The molecule has 9 heteroatoms. The maximum Gasteiger partial charge on any atom is 0.354 e. The second kappa shape index (κ2) is 7.12. The summed E-state index contributed by atoms with van der Waals surface area (Å²) in [7, 11) is -3.30. The molecule has 1 aromatic rings. The monoisotopic (exact) mass is 422 g/mol. The number of aliphatic imine (C=N–C) groups is 1. The van der Waals surface area contributed by atoms with E-state index in [-0.39, 0.29) is 6.54 Å². The predicted molar refractivity (Wildman–Crippen MR) is 114 cm³/mol. The summed E-state index contributed by atoms with van der Waals surface area (Å²) in [6.45, 7) is 3.39. The van der Waals surface area contributed by atoms with Gasteiger partial charge < -0.3 is 10.4 Å². The van der Waals surface area contributed by atoms with Crippen LogP contribution >= 0.6 is 11.8 Å². The number of nitrogens with zero attached hydrogens (tertiary/aromatic N) is 2. The molecule has 0 saturated heterocycles. The van der Waals surface area contributed by atoms with Crippen LogP contribution in [0.3, 0.4) is 0 Å². The van der Waals surface area contributed by atoms with Crippen LogP contribution in [0.25, 0.3) is 0 Å². The molecule has 4 N–H and O–H groups in total. The van der Waals surface area contributed by atoms with Gasteiger partial charge in [-0.2, -0.15) is 0 Å². The maximum atomic E-state index is 12.9. The molecule has 3 aliphatic rings. The number of nitrogens with two attached hydrogens (primary N) is 1. The van der Waals surface area contributed by atoms with Gasteiger partial charge in [-0.3, -0.25) is 4.99 Å². The van der Waals surface area contributed by atoms with Crippen LogP contribution in [0.15, 0.2) is 15.4 Å². The van der Waals surface area contributed by atoms with Gasteiger partial charge in [-0.25, -0.2) is 14.1 Å². The highest BCUT2D eigenvalue weighted by Crippen LogP contribution is 2.39. The van der Waals surface area contributed by atoms with Crippen molar-refractivity contribution in [1.82, 2.24) is 0 Å². The average molecular weight is 423 g/mol. The average Bonchev–Trinajstić information content (AvgIpc) is 3.33. The third-order valence-corrected chi connectivity index (χ3v) is 9.19. The number of carbonyl (C=O) groups excluding carboxylic acids is 1. The zero-order chi connectivity index (χ0) is 20.1. The van der Waals surface area contributed by atoms with Crippen LogP contribution in [0.5, 0.6) is 0 Å². The molecule has 0 bridgehead atoms. The number of fused-ring (bicyclic) bond motifs is 2. The summed E-state index contributed by atoms with van der Waals surface area (Å²) in [5.41, 5.74) is 4.73. The summed E-state index contributed by atoms with van der Waals surface area (Å²) in [4.78, 5) is 16.8. The minimum atomic E-state index is -3.30. The van der Waals surface area contributed by atoms with E-state index in [1.807, 2.05) is 0 Å². The Bertz CT molecular complexity index is 956. The Morgan fingerprint density at radius 2 is 1.89 bits per heavy atom. The lowest BCUT2D eigenvalue weighted by Gasteiger charge is -2.18. The number of nitrogens with one attached hydrogen (secondary N) is 1. The van der Waals surface area contributed by atoms with E-state index in [4.69, 9.17) is 5.14 Å². The second-order valence-electron chi connectivity index (χ2n) is 8.12. The second-order valence-corrected chi connectivity index (χ2v) is 11.6. The van der Waals surface area contributed by atoms with Crippen molar-refractivity contribution in [2.24, 2.45) is 14.5 Å². The molecule has 152 valence electrons. The van der Waals surface area contributed by atoms with Crippen molar-refractivity contribution >= 4 is 38.4 Å². The predicted octanol–water partition coefficient (Wildman–Crippen LogP) is 2.78. The lowest BCUT2D eigenvalue weighted by atomic mass is 9.99. The third kappa shape index (κ3) is 3.72. The van der Waals surface area contributed by atoms with Crippen LogP contribution in [-0.2, 0) is 35.6 Å². The quantitative estimate of drug-likeness (QED) is 0.694. The first kappa shape index (κ1) is 19.9. The molecule has 0 radical (unpaired) electrons. The maximum absolute atomic E-state index is 12.9. The number of hydrogen-bond donors (Lipinski definition) is 3. The zero-order valence-corrected chi connectivity index (χ0v) is 17.8. The van der Waals surface area contributed by atoms with Crippen molar-refractivity contribution < 1.29 is 14.1 Å². The number of urea groups is 1. The fraction of sp³-hybridized carbons (Fsp3) is 0.579. The van der Waals surface area contributed by atoms with Gasteiger partial charge in [0.2, 0.25) is 0 Å². The van der Waals surface area contributed by atoms with E-state index in [1.165, 1.54) is 22.3 Å². The highest BCUT2D eigenvalue weighted by atomic mass is 32.3. The van der Waals surface area contributed by atoms with Crippen molar-refractivity contribution in [2.45, 2.75) is 62.6 Å². The lowest BCUT2D eigenvalue weighted by Crippen LogP contribution is -2.31. The first-order valence-corrected chi connectivity index (χ1v) is 12.1. The van der Waals surface area contributed by atoms with Crippen molar-refractivity contribution in [3.05, 3.63) is 28.3 Å². The Labute approximate surface area is 169 Å². The van der Waals surface area contributed by atoms with Gasteiger partial charge in [0.25, 0.3) is 0 Å². The van der Waals surface area contributed by atoms with Crippen LogP contribution < -0.4 is 10.5 Å². The fourth-order valence-electron chi connectivity index (χ4n) is 4.16. The molecule has 2 aliphatic carbocycles. The normalized spacial score (nSPS) is 23.0. The summed E-state index contributed by atoms with van der Waals surface area (Å²) in [6.07, 6.45) is 6.12. The van der Waals surface area contributed by atoms with E-state index >= 15 is 0 Å². The van der Waals surface area contributed by atoms with Crippen molar-refractivity contribution in [1.29, 1.82) is 0 Å². The van der Waals surface area contributed by atoms with E-state index in [2.05, 4.69) is 20.7 Å². The Kier molecular flexibility index (Phi) is 5.06.